The fourth-order valence-electron chi connectivity index (χ4n) is 1.77. The van der Waals surface area contributed by atoms with Gasteiger partial charge >= 0.3 is 0 Å². The molecule has 0 radical (unpaired) electrons. The molecule has 1 aliphatic carbocycles. The first-order chi connectivity index (χ1) is 6.36. The molecule has 1 aliphatic rings. The Morgan fingerprint density at radius 3 is 2.69 bits per heavy atom. The summed E-state index contributed by atoms with van der Waals surface area (Å²) in [7, 11) is 0. The van der Waals surface area contributed by atoms with Crippen molar-refractivity contribution in [3.63, 3.8) is 0 Å². The molecule has 0 aromatic rings. The first-order valence-corrected chi connectivity index (χ1v) is 5.80. The fraction of sp³-hybridized carbons (Fsp3) is 1.00. The molecule has 1 atom stereocenters. The van der Waals surface area contributed by atoms with E-state index in [-0.39, 0.29) is 0 Å². The molecule has 2 nitrogen and oxygen atoms in total. The number of rotatable bonds is 8. The minimum absolute atomic E-state index is 0.856. The van der Waals surface area contributed by atoms with Crippen molar-refractivity contribution in [2.45, 2.75) is 51.5 Å². The van der Waals surface area contributed by atoms with Crippen molar-refractivity contribution in [2.75, 3.05) is 13.1 Å². The molecule has 13 heavy (non-hydrogen) atoms. The monoisotopic (exact) mass is 184 g/mol. The Bertz CT molecular complexity index is 121. The Kier molecular flexibility index (Phi) is 5.40. The highest BCUT2D eigenvalue weighted by atomic mass is 14.9. The number of hydrogen-bond acceptors (Lipinski definition) is 2. The molecule has 0 amide bonds. The number of nitrogens with one attached hydrogen (secondary N) is 1. The van der Waals surface area contributed by atoms with Gasteiger partial charge in [-0.15, -0.1) is 0 Å². The second-order valence-corrected chi connectivity index (χ2v) is 4.22. The molecule has 0 bridgehead atoms. The second-order valence-electron chi connectivity index (χ2n) is 4.22. The van der Waals surface area contributed by atoms with Crippen molar-refractivity contribution in [1.82, 2.24) is 5.32 Å². The molecule has 1 rings (SSSR count). The topological polar surface area (TPSA) is 38.0 Å². The van der Waals surface area contributed by atoms with Crippen LogP contribution in [0.25, 0.3) is 0 Å². The van der Waals surface area contributed by atoms with E-state index in [1.807, 2.05) is 0 Å². The average molecular weight is 184 g/mol. The molecule has 1 unspecified atom stereocenters. The summed E-state index contributed by atoms with van der Waals surface area (Å²) in [6.45, 7) is 4.34. The third-order valence-electron chi connectivity index (χ3n) is 2.95. The molecule has 0 aliphatic heterocycles. The van der Waals surface area contributed by atoms with Crippen molar-refractivity contribution in [1.29, 1.82) is 0 Å². The molecular formula is C11H24N2. The van der Waals surface area contributed by atoms with Crippen LogP contribution in [0.3, 0.4) is 0 Å². The van der Waals surface area contributed by atoms with Gasteiger partial charge in [-0.1, -0.05) is 13.3 Å². The van der Waals surface area contributed by atoms with E-state index in [1.165, 1.54) is 45.1 Å². The van der Waals surface area contributed by atoms with Crippen LogP contribution in [-0.2, 0) is 0 Å². The predicted molar refractivity (Wildman–Crippen MR) is 57.7 cm³/mol. The minimum atomic E-state index is 0.856. The summed E-state index contributed by atoms with van der Waals surface area (Å²) >= 11 is 0. The summed E-state index contributed by atoms with van der Waals surface area (Å²) in [4.78, 5) is 0. The third-order valence-corrected chi connectivity index (χ3v) is 2.95. The quantitative estimate of drug-likeness (QED) is 0.565. The fourth-order valence-corrected chi connectivity index (χ4v) is 1.77. The highest BCUT2D eigenvalue weighted by Gasteiger charge is 2.19. The van der Waals surface area contributed by atoms with Crippen molar-refractivity contribution in [3.05, 3.63) is 0 Å². The van der Waals surface area contributed by atoms with Gasteiger partial charge in [-0.25, -0.2) is 0 Å². The SMILES string of the molecule is CCC(CCN)CCCNC1CC1. The predicted octanol–water partition coefficient (Wildman–Crippen LogP) is 1.89. The van der Waals surface area contributed by atoms with Gasteiger partial charge in [-0.05, 0) is 51.1 Å². The third kappa shape index (κ3) is 5.27. The lowest BCUT2D eigenvalue weighted by Gasteiger charge is -2.13. The molecule has 2 heteroatoms. The molecule has 0 spiro atoms. The van der Waals surface area contributed by atoms with Gasteiger partial charge in [-0.2, -0.15) is 0 Å². The van der Waals surface area contributed by atoms with Crippen LogP contribution >= 0.6 is 0 Å². The molecule has 3 N–H and O–H groups in total. The van der Waals surface area contributed by atoms with Crippen LogP contribution in [-0.4, -0.2) is 19.1 Å². The van der Waals surface area contributed by atoms with E-state index in [2.05, 4.69) is 12.2 Å². The van der Waals surface area contributed by atoms with Gasteiger partial charge in [0.25, 0.3) is 0 Å². The van der Waals surface area contributed by atoms with Gasteiger partial charge in [-0.3, -0.25) is 0 Å². The van der Waals surface area contributed by atoms with E-state index in [0.717, 1.165) is 18.5 Å². The summed E-state index contributed by atoms with van der Waals surface area (Å²) in [5.74, 6) is 0.867. The smallest absolute Gasteiger partial charge is 0.00682 e. The van der Waals surface area contributed by atoms with E-state index in [4.69, 9.17) is 5.73 Å². The van der Waals surface area contributed by atoms with E-state index in [1.54, 1.807) is 0 Å². The lowest BCUT2D eigenvalue weighted by atomic mass is 9.97. The first-order valence-electron chi connectivity index (χ1n) is 5.80. The zero-order chi connectivity index (χ0) is 9.52. The van der Waals surface area contributed by atoms with Crippen LogP contribution < -0.4 is 11.1 Å². The number of hydrogen-bond donors (Lipinski definition) is 2. The van der Waals surface area contributed by atoms with Crippen molar-refractivity contribution >= 4 is 0 Å². The van der Waals surface area contributed by atoms with Crippen LogP contribution in [0, 0.1) is 5.92 Å². The van der Waals surface area contributed by atoms with E-state index in [9.17, 15) is 0 Å². The zero-order valence-electron chi connectivity index (χ0n) is 8.89. The highest BCUT2D eigenvalue weighted by molar-refractivity contribution is 4.80. The van der Waals surface area contributed by atoms with Crippen molar-refractivity contribution in [3.8, 4) is 0 Å². The van der Waals surface area contributed by atoms with Gasteiger partial charge in [0.15, 0.2) is 0 Å². The normalized spacial score (nSPS) is 18.9. The first kappa shape index (κ1) is 11.0. The van der Waals surface area contributed by atoms with E-state index in [0.29, 0.717) is 0 Å². The lowest BCUT2D eigenvalue weighted by Crippen LogP contribution is -2.18. The summed E-state index contributed by atoms with van der Waals surface area (Å²) < 4.78 is 0. The molecule has 1 fully saturated rings. The van der Waals surface area contributed by atoms with Gasteiger partial charge in [0.05, 0.1) is 0 Å². The summed E-state index contributed by atoms with van der Waals surface area (Å²) in [6, 6.07) is 0.870. The molecule has 0 aromatic carbocycles. The Balaban J connectivity index is 1.88. The summed E-state index contributed by atoms with van der Waals surface area (Å²) in [5, 5.41) is 3.55. The Morgan fingerprint density at radius 1 is 1.38 bits per heavy atom. The molecule has 1 saturated carbocycles. The molecule has 0 aromatic heterocycles. The highest BCUT2D eigenvalue weighted by Crippen LogP contribution is 2.19. The zero-order valence-corrected chi connectivity index (χ0v) is 8.89. The van der Waals surface area contributed by atoms with Crippen LogP contribution in [0.15, 0.2) is 0 Å². The maximum atomic E-state index is 5.55. The Hall–Kier alpha value is -0.0800. The van der Waals surface area contributed by atoms with E-state index >= 15 is 0 Å². The molecular weight excluding hydrogens is 160 g/mol. The lowest BCUT2D eigenvalue weighted by molar-refractivity contribution is 0.422. The van der Waals surface area contributed by atoms with E-state index < -0.39 is 0 Å². The van der Waals surface area contributed by atoms with Gasteiger partial charge in [0.1, 0.15) is 0 Å². The Morgan fingerprint density at radius 2 is 2.15 bits per heavy atom. The summed E-state index contributed by atoms with van der Waals surface area (Å²) in [6.07, 6.45) is 7.99. The standard InChI is InChI=1S/C11H24N2/c1-2-10(7-8-12)4-3-9-13-11-5-6-11/h10-11,13H,2-9,12H2,1H3. The van der Waals surface area contributed by atoms with Crippen LogP contribution in [0.2, 0.25) is 0 Å². The van der Waals surface area contributed by atoms with Gasteiger partial charge in [0, 0.05) is 6.04 Å². The van der Waals surface area contributed by atoms with Crippen molar-refractivity contribution in [2.24, 2.45) is 11.7 Å². The summed E-state index contributed by atoms with van der Waals surface area (Å²) in [5.41, 5.74) is 5.55. The maximum Gasteiger partial charge on any atom is 0.00682 e. The maximum absolute atomic E-state index is 5.55. The van der Waals surface area contributed by atoms with Crippen LogP contribution in [0.5, 0.6) is 0 Å². The Labute approximate surface area is 82.3 Å². The average Bonchev–Trinajstić information content (AvgIpc) is 2.94. The minimum Gasteiger partial charge on any atom is -0.330 e. The second kappa shape index (κ2) is 6.39. The molecule has 0 saturated heterocycles. The largest absolute Gasteiger partial charge is 0.330 e. The molecule has 0 heterocycles. The van der Waals surface area contributed by atoms with Gasteiger partial charge < -0.3 is 11.1 Å². The van der Waals surface area contributed by atoms with Gasteiger partial charge in [0.2, 0.25) is 0 Å². The van der Waals surface area contributed by atoms with Crippen LogP contribution in [0.4, 0.5) is 0 Å². The van der Waals surface area contributed by atoms with Crippen molar-refractivity contribution < 1.29 is 0 Å². The molecule has 78 valence electrons. The van der Waals surface area contributed by atoms with Crippen LogP contribution in [0.1, 0.15) is 45.4 Å². The number of nitrogens with two attached hydrogens (primary N) is 1.